The van der Waals surface area contributed by atoms with Crippen molar-refractivity contribution in [2.24, 2.45) is 11.5 Å². The first-order chi connectivity index (χ1) is 21.1. The summed E-state index contributed by atoms with van der Waals surface area (Å²) < 4.78 is 58.1. The number of unbranched alkanes of at least 4 members (excludes halogenated alkanes) is 10. The van der Waals surface area contributed by atoms with Crippen molar-refractivity contribution < 1.29 is 21.6 Å². The first kappa shape index (κ1) is 40.1. The summed E-state index contributed by atoms with van der Waals surface area (Å²) in [6.07, 6.45) is 17.9. The lowest BCUT2D eigenvalue weighted by Crippen LogP contribution is -2.52. The van der Waals surface area contributed by atoms with Crippen molar-refractivity contribution in [2.45, 2.75) is 123 Å². The van der Waals surface area contributed by atoms with Crippen LogP contribution >= 0.6 is 25.3 Å². The zero-order chi connectivity index (χ0) is 33.7. The smallest absolute Gasteiger partial charge is 0.172 e. The van der Waals surface area contributed by atoms with Crippen LogP contribution < -0.4 is 11.5 Å². The van der Waals surface area contributed by atoms with Crippen molar-refractivity contribution in [3.8, 4) is 0 Å². The summed E-state index contributed by atoms with van der Waals surface area (Å²) in [6, 6.07) is 10.8. The van der Waals surface area contributed by atoms with Gasteiger partial charge in [-0.25, -0.2) is 16.8 Å². The fraction of sp³-hybridized carbons (Fsp3) is 0.647. The molecule has 0 aliphatic rings. The van der Waals surface area contributed by atoms with E-state index in [0.29, 0.717) is 9.79 Å². The fourth-order valence-corrected chi connectivity index (χ4v) is 8.30. The topological polar surface area (TPSA) is 130 Å². The number of rotatable bonds is 22. The minimum atomic E-state index is -3.93. The maximum absolute atomic E-state index is 13.1. The van der Waals surface area contributed by atoms with Gasteiger partial charge in [-0.15, -0.1) is 25.3 Å². The molecule has 2 aromatic rings. The van der Waals surface area contributed by atoms with Crippen LogP contribution in [-0.2, 0) is 47.0 Å². The maximum atomic E-state index is 13.1. The first-order valence-electron chi connectivity index (χ1n) is 16.3. The third kappa shape index (κ3) is 11.5. The van der Waals surface area contributed by atoms with E-state index in [1.807, 2.05) is 24.3 Å². The molecule has 0 radical (unpaired) electrons. The lowest BCUT2D eigenvalue weighted by atomic mass is 10.0. The van der Waals surface area contributed by atoms with Crippen molar-refractivity contribution in [1.29, 1.82) is 0 Å². The van der Waals surface area contributed by atoms with E-state index in [9.17, 15) is 16.8 Å². The highest BCUT2D eigenvalue weighted by atomic mass is 32.2. The molecule has 2 rings (SSSR count). The molecule has 4 N–H and O–H groups in total. The molecule has 0 fully saturated rings. The Morgan fingerprint density at radius 1 is 0.600 bits per heavy atom. The van der Waals surface area contributed by atoms with Gasteiger partial charge in [-0.1, -0.05) is 102 Å². The molecule has 0 aromatic heterocycles. The third-order valence-electron chi connectivity index (χ3n) is 8.63. The molecule has 11 heteroatoms. The van der Waals surface area contributed by atoms with Crippen molar-refractivity contribution in [3.63, 3.8) is 0 Å². The Hall–Kier alpha value is -1.08. The van der Waals surface area contributed by atoms with E-state index in [1.165, 1.54) is 51.4 Å². The number of aryl methyl sites for hydroxylation is 2. The summed E-state index contributed by atoms with van der Waals surface area (Å²) in [7, 11) is -7.86. The second-order valence-corrected chi connectivity index (χ2v) is 18.1. The van der Waals surface area contributed by atoms with Crippen LogP contribution in [0.25, 0.3) is 0 Å². The van der Waals surface area contributed by atoms with Gasteiger partial charge in [0.15, 0.2) is 29.4 Å². The normalized spacial score (nSPS) is 15.1. The van der Waals surface area contributed by atoms with E-state index in [2.05, 4.69) is 39.1 Å². The average molecular weight is 701 g/mol. The molecule has 45 heavy (non-hydrogen) atoms. The molecule has 256 valence electrons. The van der Waals surface area contributed by atoms with Gasteiger partial charge in [-0.3, -0.25) is 0 Å². The Morgan fingerprint density at radius 2 is 0.933 bits per heavy atom. The van der Waals surface area contributed by atoms with Crippen molar-refractivity contribution in [2.75, 3.05) is 25.7 Å². The van der Waals surface area contributed by atoms with Gasteiger partial charge in [0, 0.05) is 33.4 Å². The molecule has 0 saturated heterocycles. The van der Waals surface area contributed by atoms with Gasteiger partial charge in [-0.05, 0) is 48.9 Å². The van der Waals surface area contributed by atoms with Crippen molar-refractivity contribution >= 4 is 44.9 Å². The molecule has 0 aliphatic carbocycles. The van der Waals surface area contributed by atoms with E-state index < -0.39 is 42.6 Å². The monoisotopic (exact) mass is 700 g/mol. The molecule has 2 unspecified atom stereocenters. The number of hydrogen-bond acceptors (Lipinski definition) is 9. The highest BCUT2D eigenvalue weighted by Gasteiger charge is 2.44. The fourth-order valence-electron chi connectivity index (χ4n) is 5.52. The SMILES string of the molecule is CCCCCCCCc1ccc(C(N)(COCC(N)(c2ccc(CCCCCCCC)cc2S)S(C)(=O)=O)S(C)(=O)=O)c(S)c1. The Morgan fingerprint density at radius 3 is 1.24 bits per heavy atom. The van der Waals surface area contributed by atoms with Gasteiger partial charge in [0.25, 0.3) is 0 Å². The summed E-state index contributed by atoms with van der Waals surface area (Å²) in [4.78, 5) is -3.05. The van der Waals surface area contributed by atoms with Gasteiger partial charge >= 0.3 is 0 Å². The number of sulfone groups is 2. The molecule has 2 atom stereocenters. The Labute approximate surface area is 284 Å². The highest BCUT2D eigenvalue weighted by molar-refractivity contribution is 7.92. The second-order valence-electron chi connectivity index (χ2n) is 12.6. The molecular formula is C34H56N2O5S4. The molecule has 0 heterocycles. The molecule has 2 aromatic carbocycles. The predicted octanol–water partition coefficient (Wildman–Crippen LogP) is 7.10. The van der Waals surface area contributed by atoms with E-state index in [-0.39, 0.29) is 11.1 Å². The zero-order valence-corrected chi connectivity index (χ0v) is 31.1. The van der Waals surface area contributed by atoms with E-state index in [1.54, 1.807) is 12.1 Å². The van der Waals surface area contributed by atoms with Gasteiger partial charge in [0.1, 0.15) is 0 Å². The van der Waals surface area contributed by atoms with Crippen LogP contribution in [0.1, 0.15) is 113 Å². The van der Waals surface area contributed by atoms with Crippen LogP contribution in [0.15, 0.2) is 46.2 Å². The summed E-state index contributed by atoms with van der Waals surface area (Å²) in [5.74, 6) is 0. The van der Waals surface area contributed by atoms with Crippen LogP contribution in [0.2, 0.25) is 0 Å². The molecule has 7 nitrogen and oxygen atoms in total. The highest BCUT2D eigenvalue weighted by Crippen LogP contribution is 2.34. The van der Waals surface area contributed by atoms with Crippen LogP contribution in [0, 0.1) is 0 Å². The first-order valence-corrected chi connectivity index (χ1v) is 21.0. The summed E-state index contributed by atoms with van der Waals surface area (Å²) in [5, 5.41) is 0. The number of thiol groups is 2. The molecule has 0 saturated carbocycles. The lowest BCUT2D eigenvalue weighted by molar-refractivity contribution is 0.0867. The second kappa shape index (κ2) is 18.5. The summed E-state index contributed by atoms with van der Waals surface area (Å²) >= 11 is 9.21. The van der Waals surface area contributed by atoms with Crippen LogP contribution in [-0.4, -0.2) is 42.6 Å². The lowest BCUT2D eigenvalue weighted by Gasteiger charge is -2.33. The molecule has 0 amide bonds. The third-order valence-corrected chi connectivity index (χ3v) is 12.7. The number of hydrogen-bond donors (Lipinski definition) is 4. The molecule has 0 aliphatic heterocycles. The van der Waals surface area contributed by atoms with E-state index in [0.717, 1.165) is 62.2 Å². The number of nitrogens with two attached hydrogens (primary N) is 2. The number of ether oxygens (including phenoxy) is 1. The average Bonchev–Trinajstić information content (AvgIpc) is 2.95. The minimum absolute atomic E-state index is 0.288. The quantitative estimate of drug-likeness (QED) is 0.0762. The van der Waals surface area contributed by atoms with Crippen LogP contribution in [0.4, 0.5) is 0 Å². The summed E-state index contributed by atoms with van der Waals surface area (Å²) in [6.45, 7) is 3.37. The van der Waals surface area contributed by atoms with Gasteiger partial charge in [-0.2, -0.15) is 0 Å². The largest absolute Gasteiger partial charge is 0.375 e. The van der Waals surface area contributed by atoms with Crippen molar-refractivity contribution in [3.05, 3.63) is 58.7 Å². The number of benzene rings is 2. The van der Waals surface area contributed by atoms with Crippen LogP contribution in [0.5, 0.6) is 0 Å². The molecule has 0 bridgehead atoms. The van der Waals surface area contributed by atoms with Gasteiger partial charge < -0.3 is 16.2 Å². The minimum Gasteiger partial charge on any atom is -0.375 e. The Balaban J connectivity index is 2.19. The van der Waals surface area contributed by atoms with Gasteiger partial charge in [0.05, 0.1) is 13.2 Å². The molecular weight excluding hydrogens is 645 g/mol. The zero-order valence-electron chi connectivity index (χ0n) is 27.7. The van der Waals surface area contributed by atoms with E-state index >= 15 is 0 Å². The Kier molecular flexibility index (Phi) is 16.4. The predicted molar refractivity (Wildman–Crippen MR) is 194 cm³/mol. The molecule has 0 spiro atoms. The Bertz CT molecular complexity index is 1320. The van der Waals surface area contributed by atoms with Crippen LogP contribution in [0.3, 0.4) is 0 Å². The summed E-state index contributed by atoms with van der Waals surface area (Å²) in [5.41, 5.74) is 15.8. The van der Waals surface area contributed by atoms with Crippen molar-refractivity contribution in [1.82, 2.24) is 0 Å². The maximum Gasteiger partial charge on any atom is 0.172 e. The van der Waals surface area contributed by atoms with E-state index in [4.69, 9.17) is 16.2 Å². The standard InChI is InChI=1S/C34H56N2O5S4/c1-5-7-9-11-13-15-17-27-19-21-29(31(42)23-27)33(35,44(3,37)38)25-41-26-34(36,45(4,39)40)30-22-20-28(24-32(30)43)18-16-14-12-10-8-6-2/h19-24,42-43H,5-18,25-26,35-36H2,1-4H3. The van der Waals surface area contributed by atoms with Gasteiger partial charge in [0.2, 0.25) is 0 Å².